The number of rotatable bonds is 7. The third-order valence-electron chi connectivity index (χ3n) is 3.75. The molecule has 21 heavy (non-hydrogen) atoms. The predicted molar refractivity (Wildman–Crippen MR) is 88.3 cm³/mol. The van der Waals surface area contributed by atoms with E-state index in [1.54, 1.807) is 18.7 Å². The van der Waals surface area contributed by atoms with E-state index in [0.717, 1.165) is 12.8 Å². The highest BCUT2D eigenvalue weighted by Crippen LogP contribution is 2.27. The van der Waals surface area contributed by atoms with Crippen LogP contribution in [0.5, 0.6) is 0 Å². The van der Waals surface area contributed by atoms with Gasteiger partial charge in [-0.05, 0) is 31.9 Å². The molecule has 5 nitrogen and oxygen atoms in total. The van der Waals surface area contributed by atoms with Crippen LogP contribution in [0, 0.1) is 5.92 Å². The Labute approximate surface area is 134 Å². The third kappa shape index (κ3) is 4.37. The van der Waals surface area contributed by atoms with E-state index in [-0.39, 0.29) is 12.1 Å². The van der Waals surface area contributed by atoms with Crippen molar-refractivity contribution in [3.63, 3.8) is 0 Å². The van der Waals surface area contributed by atoms with Crippen molar-refractivity contribution in [1.29, 1.82) is 0 Å². The van der Waals surface area contributed by atoms with E-state index in [9.17, 15) is 9.90 Å². The lowest BCUT2D eigenvalue weighted by Crippen LogP contribution is -2.38. The molecule has 0 aliphatic heterocycles. The Morgan fingerprint density at radius 3 is 2.90 bits per heavy atom. The molecule has 0 amide bonds. The van der Waals surface area contributed by atoms with Gasteiger partial charge in [-0.2, -0.15) is 16.9 Å². The van der Waals surface area contributed by atoms with Crippen LogP contribution in [0.25, 0.3) is 0 Å². The second kappa shape index (κ2) is 7.03. The van der Waals surface area contributed by atoms with Crippen molar-refractivity contribution in [3.8, 4) is 0 Å². The zero-order valence-electron chi connectivity index (χ0n) is 12.4. The van der Waals surface area contributed by atoms with Crippen molar-refractivity contribution in [1.82, 2.24) is 9.78 Å². The van der Waals surface area contributed by atoms with E-state index in [1.165, 1.54) is 17.3 Å². The van der Waals surface area contributed by atoms with E-state index < -0.39 is 5.60 Å². The van der Waals surface area contributed by atoms with Gasteiger partial charge in [0.2, 0.25) is 0 Å². The molecule has 118 valence electrons. The monoisotopic (exact) mass is 331 g/mol. The summed E-state index contributed by atoms with van der Waals surface area (Å²) in [6.45, 7) is 2.65. The van der Waals surface area contributed by atoms with Gasteiger partial charge in [-0.25, -0.2) is 4.68 Å². The molecule has 1 aromatic rings. The summed E-state index contributed by atoms with van der Waals surface area (Å²) in [5, 5.41) is 17.6. The van der Waals surface area contributed by atoms with Crippen LogP contribution in [0.4, 0.5) is 5.69 Å². The fraction of sp³-hybridized carbons (Fsp3) is 0.714. The molecular formula is C14H22ClN3O2S. The molecule has 1 aliphatic carbocycles. The van der Waals surface area contributed by atoms with Gasteiger partial charge in [-0.1, -0.05) is 18.0 Å². The molecule has 1 atom stereocenters. The third-order valence-corrected chi connectivity index (χ3v) is 4.95. The standard InChI is InChI=1S/C14H22ClN3O2S/c1-14(20,9-21-2)8-16-12-11(15)6-17-18(13(12)19)7-10-4-3-5-10/h6,10,16,20H,3-5,7-9H2,1-2H3. The summed E-state index contributed by atoms with van der Waals surface area (Å²) in [7, 11) is 0. The van der Waals surface area contributed by atoms with Gasteiger partial charge in [0.15, 0.2) is 0 Å². The summed E-state index contributed by atoms with van der Waals surface area (Å²) in [5.74, 6) is 1.13. The number of hydrogen-bond donors (Lipinski definition) is 2. The van der Waals surface area contributed by atoms with Crippen LogP contribution in [-0.2, 0) is 6.54 Å². The smallest absolute Gasteiger partial charge is 0.291 e. The van der Waals surface area contributed by atoms with E-state index in [2.05, 4.69) is 10.4 Å². The Morgan fingerprint density at radius 2 is 2.33 bits per heavy atom. The normalized spacial score (nSPS) is 18.1. The molecule has 1 heterocycles. The van der Waals surface area contributed by atoms with Gasteiger partial charge in [-0.3, -0.25) is 4.79 Å². The van der Waals surface area contributed by atoms with Crippen LogP contribution in [0.3, 0.4) is 0 Å². The molecule has 2 rings (SSSR count). The molecular weight excluding hydrogens is 310 g/mol. The average molecular weight is 332 g/mol. The first kappa shape index (κ1) is 16.6. The number of anilines is 1. The summed E-state index contributed by atoms with van der Waals surface area (Å²) in [6.07, 6.45) is 6.96. The average Bonchev–Trinajstić information content (AvgIpc) is 2.35. The molecule has 0 saturated heterocycles. The molecule has 1 aromatic heterocycles. The maximum atomic E-state index is 12.4. The molecule has 7 heteroatoms. The van der Waals surface area contributed by atoms with Crippen molar-refractivity contribution >= 4 is 29.1 Å². The van der Waals surface area contributed by atoms with Gasteiger partial charge in [-0.15, -0.1) is 0 Å². The SMILES string of the molecule is CSCC(C)(O)CNc1c(Cl)cnn(CC2CCC2)c1=O. The van der Waals surface area contributed by atoms with E-state index in [1.807, 2.05) is 6.26 Å². The zero-order valence-corrected chi connectivity index (χ0v) is 14.0. The second-order valence-corrected chi connectivity index (χ2v) is 7.21. The van der Waals surface area contributed by atoms with Gasteiger partial charge in [0.1, 0.15) is 5.69 Å². The highest BCUT2D eigenvalue weighted by molar-refractivity contribution is 7.98. The molecule has 0 spiro atoms. The summed E-state index contributed by atoms with van der Waals surface area (Å²) < 4.78 is 1.47. The van der Waals surface area contributed by atoms with Gasteiger partial charge >= 0.3 is 0 Å². The van der Waals surface area contributed by atoms with Crippen LogP contribution in [0.2, 0.25) is 5.02 Å². The van der Waals surface area contributed by atoms with Crippen LogP contribution in [-0.4, -0.2) is 39.0 Å². The number of nitrogens with zero attached hydrogens (tertiary/aromatic N) is 2. The van der Waals surface area contributed by atoms with Crippen LogP contribution < -0.4 is 10.9 Å². The number of aliphatic hydroxyl groups is 1. The van der Waals surface area contributed by atoms with Gasteiger partial charge < -0.3 is 10.4 Å². The topological polar surface area (TPSA) is 67.2 Å². The van der Waals surface area contributed by atoms with Gasteiger partial charge in [0.05, 0.1) is 16.8 Å². The number of aromatic nitrogens is 2. The molecule has 1 aliphatic rings. The lowest BCUT2D eigenvalue weighted by atomic mass is 9.85. The first-order valence-corrected chi connectivity index (χ1v) is 8.91. The Hall–Kier alpha value is -0.720. The van der Waals surface area contributed by atoms with E-state index in [0.29, 0.717) is 28.9 Å². The van der Waals surface area contributed by atoms with Gasteiger partial charge in [0.25, 0.3) is 5.56 Å². The molecule has 2 N–H and O–H groups in total. The van der Waals surface area contributed by atoms with Gasteiger partial charge in [0, 0.05) is 18.8 Å². The van der Waals surface area contributed by atoms with Crippen molar-refractivity contribution < 1.29 is 5.11 Å². The quantitative estimate of drug-likeness (QED) is 0.802. The number of nitrogens with one attached hydrogen (secondary N) is 1. The summed E-state index contributed by atoms with van der Waals surface area (Å²) >= 11 is 7.62. The zero-order chi connectivity index (χ0) is 15.5. The predicted octanol–water partition coefficient (Wildman–Crippen LogP) is 2.22. The first-order chi connectivity index (χ1) is 9.93. The second-order valence-electron chi connectivity index (χ2n) is 5.94. The Kier molecular flexibility index (Phi) is 5.57. The van der Waals surface area contributed by atoms with Crippen molar-refractivity contribution in [2.45, 2.75) is 38.3 Å². The fourth-order valence-electron chi connectivity index (χ4n) is 2.32. The molecule has 0 aromatic carbocycles. The number of halogens is 1. The van der Waals surface area contributed by atoms with Crippen molar-refractivity contribution in [3.05, 3.63) is 21.6 Å². The van der Waals surface area contributed by atoms with Crippen molar-refractivity contribution in [2.24, 2.45) is 5.92 Å². The maximum absolute atomic E-state index is 12.4. The van der Waals surface area contributed by atoms with Crippen molar-refractivity contribution in [2.75, 3.05) is 23.9 Å². The first-order valence-electron chi connectivity index (χ1n) is 7.14. The largest absolute Gasteiger partial charge is 0.387 e. The minimum atomic E-state index is -0.892. The van der Waals surface area contributed by atoms with E-state index in [4.69, 9.17) is 11.6 Å². The Balaban J connectivity index is 2.10. The van der Waals surface area contributed by atoms with E-state index >= 15 is 0 Å². The number of hydrogen-bond acceptors (Lipinski definition) is 5. The highest BCUT2D eigenvalue weighted by atomic mass is 35.5. The highest BCUT2D eigenvalue weighted by Gasteiger charge is 2.23. The maximum Gasteiger partial charge on any atom is 0.291 e. The Morgan fingerprint density at radius 1 is 1.62 bits per heavy atom. The van der Waals surface area contributed by atoms with Crippen LogP contribution in [0.15, 0.2) is 11.0 Å². The Bertz CT molecular complexity index is 544. The van der Waals surface area contributed by atoms with Crippen LogP contribution in [0.1, 0.15) is 26.2 Å². The summed E-state index contributed by atoms with van der Waals surface area (Å²) in [6, 6.07) is 0. The summed E-state index contributed by atoms with van der Waals surface area (Å²) in [5.41, 5.74) is -0.779. The summed E-state index contributed by atoms with van der Waals surface area (Å²) in [4.78, 5) is 12.4. The molecule has 1 saturated carbocycles. The minimum absolute atomic E-state index is 0.214. The van der Waals surface area contributed by atoms with Crippen LogP contribution >= 0.6 is 23.4 Å². The molecule has 1 fully saturated rings. The lowest BCUT2D eigenvalue weighted by Gasteiger charge is -2.26. The fourth-order valence-corrected chi connectivity index (χ4v) is 3.23. The molecule has 1 unspecified atom stereocenters. The minimum Gasteiger partial charge on any atom is -0.387 e. The molecule has 0 bridgehead atoms. The number of thioether (sulfide) groups is 1. The lowest BCUT2D eigenvalue weighted by molar-refractivity contribution is 0.0997. The molecule has 0 radical (unpaired) electrons.